The van der Waals surface area contributed by atoms with Gasteiger partial charge in [0.05, 0.1) is 0 Å². The van der Waals surface area contributed by atoms with Gasteiger partial charge in [0.2, 0.25) is 0 Å². The Morgan fingerprint density at radius 3 is 2.12 bits per heavy atom. The largest absolute Gasteiger partial charge is 0.0990 e. The molecule has 136 valence electrons. The van der Waals surface area contributed by atoms with Crippen LogP contribution in [-0.2, 0) is 6.42 Å². The lowest BCUT2D eigenvalue weighted by Gasteiger charge is -2.08. The Bertz CT molecular complexity index is 587. The van der Waals surface area contributed by atoms with E-state index in [1.807, 2.05) is 26.0 Å². The Kier molecular flexibility index (Phi) is 13.1. The molecule has 0 unspecified atom stereocenters. The number of rotatable bonds is 9. The number of aryl methyl sites for hydroxylation is 1. The summed E-state index contributed by atoms with van der Waals surface area (Å²) in [7, 11) is 0. The highest BCUT2D eigenvalue weighted by Gasteiger charge is 2.00. The molecule has 0 nitrogen and oxygen atoms in total. The normalized spacial score (nSPS) is 11.2. The minimum Gasteiger partial charge on any atom is -0.0990 e. The van der Waals surface area contributed by atoms with Gasteiger partial charge in [-0.3, -0.25) is 0 Å². The molecule has 0 N–H and O–H groups in total. The van der Waals surface area contributed by atoms with Crippen LogP contribution in [-0.4, -0.2) is 0 Å². The summed E-state index contributed by atoms with van der Waals surface area (Å²) >= 11 is 0. The Morgan fingerprint density at radius 1 is 1.00 bits per heavy atom. The van der Waals surface area contributed by atoms with Crippen LogP contribution in [0.2, 0.25) is 0 Å². The second-order valence-corrected chi connectivity index (χ2v) is 6.01. The van der Waals surface area contributed by atoms with Crippen LogP contribution < -0.4 is 0 Å². The molecule has 25 heavy (non-hydrogen) atoms. The topological polar surface area (TPSA) is 0 Å². The zero-order chi connectivity index (χ0) is 19.1. The van der Waals surface area contributed by atoms with Crippen molar-refractivity contribution < 1.29 is 0 Å². The van der Waals surface area contributed by atoms with E-state index in [1.54, 1.807) is 6.08 Å². The standard InChI is InChI=1S/C23H30.C2H6/c1-6-9-20(12-11-19(4)5)13-14-21-15-17-23(18-16-21)22(8-3)10-7-2;1-2/h7-11,15-18H,2-3,6,12-14H2,1,4-5H3;1-2H3/b20-9+,22-10+;. The first-order valence-electron chi connectivity index (χ1n) is 9.46. The van der Waals surface area contributed by atoms with Gasteiger partial charge in [-0.15, -0.1) is 0 Å². The van der Waals surface area contributed by atoms with Gasteiger partial charge in [0.15, 0.2) is 0 Å². The molecule has 0 bridgehead atoms. The van der Waals surface area contributed by atoms with E-state index in [1.165, 1.54) is 22.3 Å². The molecule has 0 aliphatic carbocycles. The molecule has 0 heteroatoms. The van der Waals surface area contributed by atoms with Crippen molar-refractivity contribution in [3.05, 3.63) is 90.1 Å². The van der Waals surface area contributed by atoms with Crippen molar-refractivity contribution in [3.8, 4) is 0 Å². The maximum absolute atomic E-state index is 3.86. The van der Waals surface area contributed by atoms with Crippen LogP contribution in [0.4, 0.5) is 0 Å². The quantitative estimate of drug-likeness (QED) is 0.316. The summed E-state index contributed by atoms with van der Waals surface area (Å²) < 4.78 is 0. The van der Waals surface area contributed by atoms with Crippen molar-refractivity contribution in [2.24, 2.45) is 0 Å². The molecule has 1 rings (SSSR count). The van der Waals surface area contributed by atoms with Crippen LogP contribution >= 0.6 is 0 Å². The van der Waals surface area contributed by atoms with Crippen LogP contribution in [0.5, 0.6) is 0 Å². The van der Waals surface area contributed by atoms with Crippen molar-refractivity contribution >= 4 is 5.57 Å². The average molecular weight is 337 g/mol. The fourth-order valence-corrected chi connectivity index (χ4v) is 2.49. The molecule has 0 fully saturated rings. The lowest BCUT2D eigenvalue weighted by molar-refractivity contribution is 0.895. The van der Waals surface area contributed by atoms with Gasteiger partial charge in [-0.05, 0) is 56.2 Å². The van der Waals surface area contributed by atoms with Gasteiger partial charge in [-0.25, -0.2) is 0 Å². The molecule has 0 spiro atoms. The van der Waals surface area contributed by atoms with Gasteiger partial charge in [0, 0.05) is 0 Å². The van der Waals surface area contributed by atoms with Gasteiger partial charge in [-0.2, -0.15) is 0 Å². The number of hydrogen-bond donors (Lipinski definition) is 0. The van der Waals surface area contributed by atoms with Gasteiger partial charge in [0.25, 0.3) is 0 Å². The highest BCUT2D eigenvalue weighted by molar-refractivity contribution is 5.74. The fraction of sp³-hybridized carbons (Fsp3) is 0.360. The minimum atomic E-state index is 1.08. The summed E-state index contributed by atoms with van der Waals surface area (Å²) in [6.07, 6.45) is 14.8. The minimum absolute atomic E-state index is 1.08. The molecular formula is C25H36. The Labute approximate surface area is 156 Å². The van der Waals surface area contributed by atoms with Crippen molar-refractivity contribution in [3.63, 3.8) is 0 Å². The SMILES string of the molecule is C=C/C=C(\C=C)c1ccc(CC/C(=C/CC)CC=C(C)C)cc1.CC. The van der Waals surface area contributed by atoms with E-state index >= 15 is 0 Å². The van der Waals surface area contributed by atoms with Crippen molar-refractivity contribution in [2.75, 3.05) is 0 Å². The molecule has 0 aromatic heterocycles. The van der Waals surface area contributed by atoms with Crippen LogP contribution in [0.25, 0.3) is 5.57 Å². The van der Waals surface area contributed by atoms with Crippen LogP contribution in [0.15, 0.2) is 78.9 Å². The van der Waals surface area contributed by atoms with Crippen LogP contribution in [0, 0.1) is 0 Å². The zero-order valence-corrected chi connectivity index (χ0v) is 16.9. The van der Waals surface area contributed by atoms with E-state index in [-0.39, 0.29) is 0 Å². The van der Waals surface area contributed by atoms with E-state index < -0.39 is 0 Å². The summed E-state index contributed by atoms with van der Waals surface area (Å²) in [5.41, 5.74) is 6.62. The smallest absolute Gasteiger partial charge is 0.0136 e. The maximum atomic E-state index is 3.86. The molecular weight excluding hydrogens is 300 g/mol. The van der Waals surface area contributed by atoms with E-state index in [0.29, 0.717) is 0 Å². The molecule has 0 saturated carbocycles. The average Bonchev–Trinajstić information content (AvgIpc) is 2.64. The second-order valence-electron chi connectivity index (χ2n) is 6.01. The Hall–Kier alpha value is -2.08. The molecule has 1 aromatic carbocycles. The highest BCUT2D eigenvalue weighted by atomic mass is 14.1. The monoisotopic (exact) mass is 336 g/mol. The van der Waals surface area contributed by atoms with Gasteiger partial charge in [0.1, 0.15) is 0 Å². The number of benzene rings is 1. The van der Waals surface area contributed by atoms with Crippen molar-refractivity contribution in [1.82, 2.24) is 0 Å². The fourth-order valence-electron chi connectivity index (χ4n) is 2.49. The summed E-state index contributed by atoms with van der Waals surface area (Å²) in [6, 6.07) is 8.79. The molecule has 0 saturated heterocycles. The predicted octanol–water partition coefficient (Wildman–Crippen LogP) is 8.09. The molecule has 0 aliphatic rings. The molecule has 0 aliphatic heterocycles. The van der Waals surface area contributed by atoms with Gasteiger partial charge >= 0.3 is 0 Å². The van der Waals surface area contributed by atoms with E-state index in [4.69, 9.17) is 0 Å². The summed E-state index contributed by atoms with van der Waals surface area (Å²) in [5, 5.41) is 0. The van der Waals surface area contributed by atoms with E-state index in [0.717, 1.165) is 31.3 Å². The van der Waals surface area contributed by atoms with Gasteiger partial charge < -0.3 is 0 Å². The Balaban J connectivity index is 0.00000277. The molecule has 0 radical (unpaired) electrons. The van der Waals surface area contributed by atoms with Crippen molar-refractivity contribution in [2.45, 2.75) is 60.3 Å². The molecule has 1 aromatic rings. The zero-order valence-electron chi connectivity index (χ0n) is 16.9. The number of allylic oxidation sites excluding steroid dienone is 8. The van der Waals surface area contributed by atoms with Crippen LogP contribution in [0.1, 0.15) is 65.0 Å². The third-order valence-corrected chi connectivity index (χ3v) is 3.80. The first kappa shape index (κ1) is 22.9. The molecule has 0 heterocycles. The summed E-state index contributed by atoms with van der Waals surface area (Å²) in [4.78, 5) is 0. The third kappa shape index (κ3) is 9.72. The summed E-state index contributed by atoms with van der Waals surface area (Å²) in [5.74, 6) is 0. The second kappa shape index (κ2) is 14.3. The van der Waals surface area contributed by atoms with Crippen LogP contribution in [0.3, 0.4) is 0 Å². The first-order chi connectivity index (χ1) is 12.1. The summed E-state index contributed by atoms with van der Waals surface area (Å²) in [6.45, 7) is 18.2. The molecule has 0 atom stereocenters. The first-order valence-corrected chi connectivity index (χ1v) is 9.46. The molecule has 0 amide bonds. The third-order valence-electron chi connectivity index (χ3n) is 3.80. The van der Waals surface area contributed by atoms with Crippen molar-refractivity contribution in [1.29, 1.82) is 0 Å². The Morgan fingerprint density at radius 2 is 1.64 bits per heavy atom. The van der Waals surface area contributed by atoms with E-state index in [2.05, 4.69) is 70.3 Å². The lowest BCUT2D eigenvalue weighted by atomic mass is 9.98. The predicted molar refractivity (Wildman–Crippen MR) is 117 cm³/mol. The number of hydrogen-bond acceptors (Lipinski definition) is 0. The highest BCUT2D eigenvalue weighted by Crippen LogP contribution is 2.19. The lowest BCUT2D eigenvalue weighted by Crippen LogP contribution is -1.91. The van der Waals surface area contributed by atoms with Gasteiger partial charge in [-0.1, -0.05) is 99.7 Å². The van der Waals surface area contributed by atoms with E-state index in [9.17, 15) is 0 Å². The maximum Gasteiger partial charge on any atom is -0.0136 e.